The molecule has 1 fully saturated rings. The molecule has 2 nitrogen and oxygen atoms in total. The van der Waals surface area contributed by atoms with E-state index in [1.807, 2.05) is 11.3 Å². The highest BCUT2D eigenvalue weighted by Crippen LogP contribution is 2.33. The van der Waals surface area contributed by atoms with E-state index in [4.69, 9.17) is 0 Å². The van der Waals surface area contributed by atoms with E-state index in [1.54, 1.807) is 0 Å². The molecule has 0 aliphatic carbocycles. The highest BCUT2D eigenvalue weighted by atomic mass is 32.1. The summed E-state index contributed by atoms with van der Waals surface area (Å²) in [5, 5.41) is 3.77. The van der Waals surface area contributed by atoms with Crippen LogP contribution >= 0.6 is 11.3 Å². The van der Waals surface area contributed by atoms with Gasteiger partial charge in [0.25, 0.3) is 0 Å². The molecule has 1 aromatic heterocycles. The molecular weight excluding hydrogens is 276 g/mol. The number of hydrogen-bond donors (Lipinski definition) is 1. The predicted octanol–water partition coefficient (Wildman–Crippen LogP) is 4.38. The van der Waals surface area contributed by atoms with Gasteiger partial charge in [0.2, 0.25) is 0 Å². The van der Waals surface area contributed by atoms with Crippen LogP contribution < -0.4 is 5.32 Å². The number of rotatable bonds is 4. The van der Waals surface area contributed by atoms with Crippen molar-refractivity contribution < 1.29 is 0 Å². The van der Waals surface area contributed by atoms with Crippen LogP contribution in [0.1, 0.15) is 56.0 Å². The Labute approximate surface area is 134 Å². The molecule has 1 N–H and O–H groups in total. The Kier molecular flexibility index (Phi) is 5.50. The van der Waals surface area contributed by atoms with Gasteiger partial charge in [0, 0.05) is 41.0 Å². The normalized spacial score (nSPS) is 25.8. The van der Waals surface area contributed by atoms with Crippen LogP contribution in [-0.4, -0.2) is 30.1 Å². The fourth-order valence-electron chi connectivity index (χ4n) is 3.57. The molecule has 0 spiro atoms. The molecule has 21 heavy (non-hydrogen) atoms. The first kappa shape index (κ1) is 17.0. The van der Waals surface area contributed by atoms with Crippen molar-refractivity contribution in [3.8, 4) is 0 Å². The summed E-state index contributed by atoms with van der Waals surface area (Å²) in [4.78, 5) is 5.67. The monoisotopic (exact) mass is 308 g/mol. The molecule has 120 valence electrons. The smallest absolute Gasteiger partial charge is 0.0335 e. The van der Waals surface area contributed by atoms with Gasteiger partial charge < -0.3 is 5.32 Å². The van der Waals surface area contributed by atoms with Crippen LogP contribution in [0.15, 0.2) is 6.07 Å². The summed E-state index contributed by atoms with van der Waals surface area (Å²) >= 11 is 1.94. The van der Waals surface area contributed by atoms with Gasteiger partial charge in [-0.05, 0) is 44.2 Å². The summed E-state index contributed by atoms with van der Waals surface area (Å²) in [5.74, 6) is 1.38. The molecule has 0 bridgehead atoms. The van der Waals surface area contributed by atoms with Crippen LogP contribution in [0.5, 0.6) is 0 Å². The first-order chi connectivity index (χ1) is 9.81. The Morgan fingerprint density at radius 3 is 2.29 bits per heavy atom. The van der Waals surface area contributed by atoms with Gasteiger partial charge >= 0.3 is 0 Å². The summed E-state index contributed by atoms with van der Waals surface area (Å²) in [6, 6.07) is 4.16. The quantitative estimate of drug-likeness (QED) is 0.888. The standard InChI is InChI=1S/C18H32N2S/c1-11(2)17-10-20(18(9-19-17)12(3)4)14(6)16-8-13(5)21-15(16)7/h8,11-12,14,17-19H,9-10H2,1-7H3. The van der Waals surface area contributed by atoms with E-state index in [9.17, 15) is 0 Å². The van der Waals surface area contributed by atoms with Crippen LogP contribution in [0.4, 0.5) is 0 Å². The van der Waals surface area contributed by atoms with Gasteiger partial charge in [-0.2, -0.15) is 0 Å². The van der Waals surface area contributed by atoms with Gasteiger partial charge in [0.1, 0.15) is 0 Å². The minimum Gasteiger partial charge on any atom is -0.311 e. The maximum Gasteiger partial charge on any atom is 0.0335 e. The average molecular weight is 309 g/mol. The Bertz CT molecular complexity index is 464. The minimum atomic E-state index is 0.519. The van der Waals surface area contributed by atoms with E-state index in [-0.39, 0.29) is 0 Å². The summed E-state index contributed by atoms with van der Waals surface area (Å²) < 4.78 is 0. The Hall–Kier alpha value is -0.380. The van der Waals surface area contributed by atoms with E-state index in [1.165, 1.54) is 15.3 Å². The predicted molar refractivity (Wildman–Crippen MR) is 94.2 cm³/mol. The number of aryl methyl sites for hydroxylation is 2. The zero-order chi connectivity index (χ0) is 15.7. The van der Waals surface area contributed by atoms with Crippen molar-refractivity contribution in [1.29, 1.82) is 0 Å². The van der Waals surface area contributed by atoms with Gasteiger partial charge in [-0.3, -0.25) is 4.90 Å². The largest absolute Gasteiger partial charge is 0.311 e. The molecule has 0 radical (unpaired) electrons. The Morgan fingerprint density at radius 2 is 1.81 bits per heavy atom. The lowest BCUT2D eigenvalue weighted by Crippen LogP contribution is -2.60. The van der Waals surface area contributed by atoms with Crippen LogP contribution in [0, 0.1) is 25.7 Å². The topological polar surface area (TPSA) is 15.3 Å². The van der Waals surface area contributed by atoms with Gasteiger partial charge in [0.15, 0.2) is 0 Å². The summed E-state index contributed by atoms with van der Waals surface area (Å²) in [7, 11) is 0. The first-order valence-corrected chi connectivity index (χ1v) is 9.19. The fourth-order valence-corrected chi connectivity index (χ4v) is 4.59. The lowest BCUT2D eigenvalue weighted by Gasteiger charge is -2.46. The molecule has 3 atom stereocenters. The molecule has 3 unspecified atom stereocenters. The molecule has 0 aromatic carbocycles. The van der Waals surface area contributed by atoms with Gasteiger partial charge in [-0.1, -0.05) is 27.7 Å². The molecule has 3 heteroatoms. The highest BCUT2D eigenvalue weighted by molar-refractivity contribution is 7.12. The van der Waals surface area contributed by atoms with E-state index < -0.39 is 0 Å². The third-order valence-electron chi connectivity index (χ3n) is 5.02. The Balaban J connectivity index is 2.24. The van der Waals surface area contributed by atoms with Crippen LogP contribution in [0.2, 0.25) is 0 Å². The molecule has 1 aliphatic rings. The molecule has 1 aliphatic heterocycles. The van der Waals surface area contributed by atoms with E-state index in [2.05, 4.69) is 64.7 Å². The number of nitrogens with one attached hydrogen (secondary N) is 1. The lowest BCUT2D eigenvalue weighted by atomic mass is 9.91. The van der Waals surface area contributed by atoms with Crippen molar-refractivity contribution in [2.24, 2.45) is 11.8 Å². The maximum absolute atomic E-state index is 3.77. The minimum absolute atomic E-state index is 0.519. The van der Waals surface area contributed by atoms with Crippen LogP contribution in [-0.2, 0) is 0 Å². The number of hydrogen-bond acceptors (Lipinski definition) is 3. The van der Waals surface area contributed by atoms with Crippen molar-refractivity contribution in [2.75, 3.05) is 13.1 Å². The van der Waals surface area contributed by atoms with Gasteiger partial charge in [0.05, 0.1) is 0 Å². The highest BCUT2D eigenvalue weighted by Gasteiger charge is 2.34. The number of piperazine rings is 1. The molecular formula is C18H32N2S. The van der Waals surface area contributed by atoms with Gasteiger partial charge in [-0.15, -0.1) is 11.3 Å². The first-order valence-electron chi connectivity index (χ1n) is 8.37. The second kappa shape index (κ2) is 6.80. The molecule has 0 saturated carbocycles. The van der Waals surface area contributed by atoms with Gasteiger partial charge in [-0.25, -0.2) is 0 Å². The lowest BCUT2D eigenvalue weighted by molar-refractivity contribution is 0.0512. The van der Waals surface area contributed by atoms with E-state index in [0.717, 1.165) is 13.1 Å². The van der Waals surface area contributed by atoms with Crippen LogP contribution in [0.25, 0.3) is 0 Å². The summed E-state index contributed by atoms with van der Waals surface area (Å²) in [6.45, 7) is 18.5. The molecule has 1 saturated heterocycles. The third kappa shape index (κ3) is 3.69. The zero-order valence-corrected chi connectivity index (χ0v) is 15.6. The zero-order valence-electron chi connectivity index (χ0n) is 14.7. The molecule has 1 aromatic rings. The summed E-state index contributed by atoms with van der Waals surface area (Å²) in [5.41, 5.74) is 1.53. The third-order valence-corrected chi connectivity index (χ3v) is 6.01. The van der Waals surface area contributed by atoms with Crippen molar-refractivity contribution in [2.45, 2.75) is 66.6 Å². The Morgan fingerprint density at radius 1 is 1.14 bits per heavy atom. The SMILES string of the molecule is Cc1cc(C(C)N2CC(C(C)C)NCC2C(C)C)c(C)s1. The van der Waals surface area contributed by atoms with E-state index >= 15 is 0 Å². The van der Waals surface area contributed by atoms with Crippen LogP contribution in [0.3, 0.4) is 0 Å². The molecule has 0 amide bonds. The van der Waals surface area contributed by atoms with Crippen molar-refractivity contribution in [1.82, 2.24) is 10.2 Å². The van der Waals surface area contributed by atoms with Crippen molar-refractivity contribution in [3.05, 3.63) is 21.4 Å². The number of thiophene rings is 1. The summed E-state index contributed by atoms with van der Waals surface area (Å²) in [6.07, 6.45) is 0. The van der Waals surface area contributed by atoms with Crippen molar-refractivity contribution in [3.63, 3.8) is 0 Å². The fraction of sp³-hybridized carbons (Fsp3) is 0.778. The maximum atomic E-state index is 3.77. The second-order valence-electron chi connectivity index (χ2n) is 7.31. The molecule has 2 rings (SSSR count). The number of nitrogens with zero attached hydrogens (tertiary/aromatic N) is 1. The average Bonchev–Trinajstić information content (AvgIpc) is 2.76. The van der Waals surface area contributed by atoms with Crippen molar-refractivity contribution >= 4 is 11.3 Å². The van der Waals surface area contributed by atoms with E-state index in [0.29, 0.717) is 30.0 Å². The second-order valence-corrected chi connectivity index (χ2v) is 8.77. The molecule has 2 heterocycles.